The average molecular weight is 513 g/mol. The van der Waals surface area contributed by atoms with Crippen LogP contribution in [0.2, 0.25) is 0 Å². The number of carbonyl (C=O) groups excluding carboxylic acids is 2. The zero-order valence-electron chi connectivity index (χ0n) is 20.9. The van der Waals surface area contributed by atoms with Crippen molar-refractivity contribution in [2.45, 2.75) is 37.3 Å². The number of anilines is 2. The Morgan fingerprint density at radius 1 is 0.838 bits per heavy atom. The Morgan fingerprint density at radius 2 is 1.46 bits per heavy atom. The van der Waals surface area contributed by atoms with Crippen molar-refractivity contribution < 1.29 is 19.5 Å². The summed E-state index contributed by atoms with van der Waals surface area (Å²) in [7, 11) is 0. The number of carboxylic acid groups (broad SMARTS) is 1. The zero-order chi connectivity index (χ0) is 26.5. The number of amides is 2. The van der Waals surface area contributed by atoms with Gasteiger partial charge in [0.05, 0.1) is 10.8 Å². The monoisotopic (exact) mass is 512 g/mol. The molecule has 1 unspecified atom stereocenters. The van der Waals surface area contributed by atoms with Crippen LogP contribution in [-0.4, -0.2) is 28.1 Å². The van der Waals surface area contributed by atoms with E-state index < -0.39 is 11.9 Å². The van der Waals surface area contributed by atoms with E-state index in [-0.39, 0.29) is 22.3 Å². The van der Waals surface area contributed by atoms with Crippen LogP contribution < -0.4 is 10.6 Å². The fourth-order valence-electron chi connectivity index (χ4n) is 4.26. The number of rotatable bonds is 8. The first-order chi connectivity index (χ1) is 17.8. The van der Waals surface area contributed by atoms with Gasteiger partial charge in [0, 0.05) is 27.2 Å². The van der Waals surface area contributed by atoms with E-state index in [1.54, 1.807) is 36.4 Å². The molecule has 1 atom stereocenters. The van der Waals surface area contributed by atoms with Gasteiger partial charge in [-0.1, -0.05) is 55.5 Å². The van der Waals surface area contributed by atoms with Gasteiger partial charge in [0.15, 0.2) is 0 Å². The zero-order valence-corrected chi connectivity index (χ0v) is 21.7. The summed E-state index contributed by atoms with van der Waals surface area (Å²) >= 11 is 1.43. The number of hydrogen-bond donors (Lipinski definition) is 3. The lowest BCUT2D eigenvalue weighted by atomic mass is 9.98. The summed E-state index contributed by atoms with van der Waals surface area (Å²) in [4.78, 5) is 38.9. The van der Waals surface area contributed by atoms with E-state index in [4.69, 9.17) is 0 Å². The molecule has 0 spiro atoms. The summed E-state index contributed by atoms with van der Waals surface area (Å²) in [6.45, 7) is 5.91. The molecule has 0 saturated heterocycles. The Morgan fingerprint density at radius 3 is 2.11 bits per heavy atom. The van der Waals surface area contributed by atoms with Crippen LogP contribution in [0, 0.1) is 13.8 Å². The lowest BCUT2D eigenvalue weighted by molar-refractivity contribution is -0.115. The Bertz CT molecular complexity index is 1470. The second kappa shape index (κ2) is 11.3. The standard InChI is InChI=1S/C30H28N2O4S/c1-4-25(29(34)32-27-18(2)9-5-10-19(27)3)37-22-14-8-13-21(17-22)31-28(33)23-15-6-11-20-12-7-16-24(26(20)23)30(35)36/h5-17,25H,4H2,1-3H3,(H,31,33)(H,32,34)(H,35,36). The maximum Gasteiger partial charge on any atom is 0.336 e. The van der Waals surface area contributed by atoms with Crippen LogP contribution in [0.15, 0.2) is 83.8 Å². The SMILES string of the molecule is CCC(Sc1cccc(NC(=O)c2cccc3cccc(C(=O)O)c23)c1)C(=O)Nc1c(C)cccc1C. The number of carboxylic acids is 1. The second-order valence-electron chi connectivity index (χ2n) is 8.77. The lowest BCUT2D eigenvalue weighted by Gasteiger charge is -2.18. The van der Waals surface area contributed by atoms with Crippen LogP contribution in [0.5, 0.6) is 0 Å². The summed E-state index contributed by atoms with van der Waals surface area (Å²) in [5, 5.41) is 16.3. The first-order valence-corrected chi connectivity index (χ1v) is 12.9. The Kier molecular flexibility index (Phi) is 7.94. The molecule has 0 aliphatic rings. The third kappa shape index (κ3) is 5.84. The molecule has 4 rings (SSSR count). The largest absolute Gasteiger partial charge is 0.478 e. The highest BCUT2D eigenvalue weighted by molar-refractivity contribution is 8.00. The van der Waals surface area contributed by atoms with Crippen molar-refractivity contribution in [1.82, 2.24) is 0 Å². The summed E-state index contributed by atoms with van der Waals surface area (Å²) in [5.74, 6) is -1.56. The molecular weight excluding hydrogens is 484 g/mol. The smallest absolute Gasteiger partial charge is 0.336 e. The van der Waals surface area contributed by atoms with Crippen LogP contribution in [0.25, 0.3) is 10.8 Å². The van der Waals surface area contributed by atoms with Crippen molar-refractivity contribution >= 4 is 51.7 Å². The van der Waals surface area contributed by atoms with Crippen molar-refractivity contribution in [2.24, 2.45) is 0 Å². The van der Waals surface area contributed by atoms with E-state index in [0.717, 1.165) is 21.7 Å². The number of carbonyl (C=O) groups is 3. The maximum atomic E-state index is 13.2. The summed E-state index contributed by atoms with van der Waals surface area (Å²) < 4.78 is 0. The van der Waals surface area contributed by atoms with Gasteiger partial charge in [-0.3, -0.25) is 9.59 Å². The Labute approximate surface area is 220 Å². The third-order valence-electron chi connectivity index (χ3n) is 6.14. The quantitative estimate of drug-likeness (QED) is 0.223. The lowest BCUT2D eigenvalue weighted by Crippen LogP contribution is -2.25. The molecule has 7 heteroatoms. The van der Waals surface area contributed by atoms with Crippen molar-refractivity contribution in [1.29, 1.82) is 0 Å². The number of aryl methyl sites for hydroxylation is 2. The molecule has 0 aliphatic carbocycles. The van der Waals surface area contributed by atoms with Gasteiger partial charge >= 0.3 is 5.97 Å². The van der Waals surface area contributed by atoms with Crippen LogP contribution >= 0.6 is 11.8 Å². The number of thioether (sulfide) groups is 1. The molecule has 0 aromatic heterocycles. The number of hydrogen-bond acceptors (Lipinski definition) is 4. The average Bonchev–Trinajstić information content (AvgIpc) is 2.88. The van der Waals surface area contributed by atoms with Gasteiger partial charge in [-0.25, -0.2) is 4.79 Å². The van der Waals surface area contributed by atoms with Crippen molar-refractivity contribution in [3.63, 3.8) is 0 Å². The molecule has 188 valence electrons. The molecule has 0 radical (unpaired) electrons. The number of nitrogens with one attached hydrogen (secondary N) is 2. The van der Waals surface area contributed by atoms with Gasteiger partial charge in [0.1, 0.15) is 0 Å². The predicted molar refractivity (Wildman–Crippen MR) is 150 cm³/mol. The minimum Gasteiger partial charge on any atom is -0.478 e. The van der Waals surface area contributed by atoms with Crippen molar-refractivity contribution in [2.75, 3.05) is 10.6 Å². The molecule has 3 N–H and O–H groups in total. The molecular formula is C30H28N2O4S. The fourth-order valence-corrected chi connectivity index (χ4v) is 5.27. The van der Waals surface area contributed by atoms with E-state index in [2.05, 4.69) is 10.6 Å². The normalized spacial score (nSPS) is 11.6. The van der Waals surface area contributed by atoms with Gasteiger partial charge in [-0.15, -0.1) is 11.8 Å². The fraction of sp³-hybridized carbons (Fsp3) is 0.167. The Hall–Kier alpha value is -4.10. The van der Waals surface area contributed by atoms with E-state index >= 15 is 0 Å². The van der Waals surface area contributed by atoms with Gasteiger partial charge < -0.3 is 15.7 Å². The molecule has 0 heterocycles. The van der Waals surface area contributed by atoms with E-state index in [1.165, 1.54) is 17.8 Å². The molecule has 4 aromatic rings. The van der Waals surface area contributed by atoms with E-state index in [1.807, 2.05) is 57.2 Å². The highest BCUT2D eigenvalue weighted by Crippen LogP contribution is 2.30. The summed E-state index contributed by atoms with van der Waals surface area (Å²) in [6.07, 6.45) is 0.631. The molecule has 6 nitrogen and oxygen atoms in total. The predicted octanol–water partition coefficient (Wildman–Crippen LogP) is 6.92. The first-order valence-electron chi connectivity index (χ1n) is 12.0. The highest BCUT2D eigenvalue weighted by atomic mass is 32.2. The van der Waals surface area contributed by atoms with Crippen LogP contribution in [0.1, 0.15) is 45.2 Å². The van der Waals surface area contributed by atoms with Crippen LogP contribution in [-0.2, 0) is 4.79 Å². The van der Waals surface area contributed by atoms with Crippen LogP contribution in [0.4, 0.5) is 11.4 Å². The number of para-hydroxylation sites is 1. The van der Waals surface area contributed by atoms with Crippen molar-refractivity contribution in [3.05, 3.63) is 101 Å². The van der Waals surface area contributed by atoms with Gasteiger partial charge in [0.25, 0.3) is 5.91 Å². The Balaban J connectivity index is 1.53. The number of aromatic carboxylic acids is 1. The van der Waals surface area contributed by atoms with E-state index in [9.17, 15) is 19.5 Å². The number of benzene rings is 4. The molecule has 0 fully saturated rings. The molecule has 0 aliphatic heterocycles. The second-order valence-corrected chi connectivity index (χ2v) is 10.0. The van der Waals surface area contributed by atoms with Gasteiger partial charge in [0.2, 0.25) is 5.91 Å². The summed E-state index contributed by atoms with van der Waals surface area (Å²) in [6, 6.07) is 23.3. The number of fused-ring (bicyclic) bond motifs is 1. The summed E-state index contributed by atoms with van der Waals surface area (Å²) in [5.41, 5.74) is 3.78. The molecule has 37 heavy (non-hydrogen) atoms. The highest BCUT2D eigenvalue weighted by Gasteiger charge is 2.20. The van der Waals surface area contributed by atoms with Gasteiger partial charge in [-0.05, 0) is 67.1 Å². The van der Waals surface area contributed by atoms with E-state index in [0.29, 0.717) is 22.9 Å². The minimum atomic E-state index is -1.09. The maximum absolute atomic E-state index is 13.2. The molecule has 0 bridgehead atoms. The topological polar surface area (TPSA) is 95.5 Å². The molecule has 0 saturated carbocycles. The molecule has 2 amide bonds. The van der Waals surface area contributed by atoms with Gasteiger partial charge in [-0.2, -0.15) is 0 Å². The van der Waals surface area contributed by atoms with Crippen molar-refractivity contribution in [3.8, 4) is 0 Å². The first kappa shape index (κ1) is 26.0. The molecule has 4 aromatic carbocycles. The minimum absolute atomic E-state index is 0.0729. The van der Waals surface area contributed by atoms with Crippen LogP contribution in [0.3, 0.4) is 0 Å². The third-order valence-corrected chi connectivity index (χ3v) is 7.50.